The van der Waals surface area contributed by atoms with Crippen molar-refractivity contribution in [3.63, 3.8) is 0 Å². The molecule has 4 aliphatic heterocycles. The predicted octanol–water partition coefficient (Wildman–Crippen LogP) is -1.44. The van der Waals surface area contributed by atoms with Gasteiger partial charge in [-0.15, -0.1) is 0 Å². The Morgan fingerprint density at radius 2 is 1.35 bits per heavy atom. The number of aliphatic hydroxyl groups excluding tert-OH is 2. The Morgan fingerprint density at radius 3 is 1.95 bits per heavy atom. The smallest absolute Gasteiger partial charge is 0.490 e. The maximum atomic E-state index is 13.6. The number of anilines is 2. The minimum atomic E-state index is -5.86. The summed E-state index contributed by atoms with van der Waals surface area (Å²) < 4.78 is 158. The van der Waals surface area contributed by atoms with Crippen molar-refractivity contribution >= 4 is 89.7 Å². The second-order valence-electron chi connectivity index (χ2n) is 24.3. The van der Waals surface area contributed by atoms with Crippen molar-refractivity contribution in [2.24, 2.45) is 0 Å². The average Bonchev–Trinajstić information content (AvgIpc) is 0.841. The number of ether oxygens (including phenoxy) is 7. The number of hydrogen-bond acceptors (Lipinski definition) is 27. The van der Waals surface area contributed by atoms with Gasteiger partial charge in [0, 0.05) is 84.9 Å². The zero-order valence-corrected chi connectivity index (χ0v) is 59.8. The molecule has 42 heteroatoms. The van der Waals surface area contributed by atoms with Crippen LogP contribution < -0.4 is 52.0 Å². The highest BCUT2D eigenvalue weighted by atomic mass is 32.2. The van der Waals surface area contributed by atoms with E-state index < -0.39 is 126 Å². The van der Waals surface area contributed by atoms with Gasteiger partial charge in [0.1, 0.15) is 54.2 Å². The lowest BCUT2D eigenvalue weighted by Gasteiger charge is -2.41. The van der Waals surface area contributed by atoms with Crippen LogP contribution in [0.3, 0.4) is 0 Å². The highest BCUT2D eigenvalue weighted by Gasteiger charge is 2.47. The molecule has 2 unspecified atom stereocenters. The number of carboxylic acids is 1. The standard InChI is InChI=1S/C60H76N7O30P3S2/c1-59(2)29-37(33-101(82,83)84)40-25-43-47(27-45(40)65(59)5)94-48-28-46-41(38(34-102(85,86)87)30-60(3,4)66(46)6)26-44(48)51(43)39-10-9-35(24-42(39)57(72)73)55(71)63-13-15-89-17-19-91-21-23-92-22-20-90-18-16-88-14-11-50(68)62-12-7-8-36-31-67(58(74)64-54(36)61)56-53(70)52(69)49(95-56)32-93-99(78,79)97-100(80,81)96-98(75,76)77/h9-10,24-31,49,52-53,56,69-70H,11-23,32-34H2,1-6H3,(H10-,61,62,63,64,68,71,72,73,74,75,76,77,78,79,80,81,82,83,84,85,86,87)/t49-,52-,53-,56-/m1/s1. The highest BCUT2D eigenvalue weighted by Crippen LogP contribution is 2.66. The van der Waals surface area contributed by atoms with Crippen molar-refractivity contribution in [1.29, 1.82) is 0 Å². The molecule has 558 valence electrons. The van der Waals surface area contributed by atoms with Crippen molar-refractivity contribution in [3.8, 4) is 23.3 Å². The van der Waals surface area contributed by atoms with Crippen LogP contribution in [0.25, 0.3) is 16.7 Å². The van der Waals surface area contributed by atoms with E-state index in [4.69, 9.17) is 48.7 Å². The fraction of sp³-hybridized carbons (Fsp3) is 0.467. The van der Waals surface area contributed by atoms with Gasteiger partial charge in [-0.3, -0.25) is 27.8 Å². The van der Waals surface area contributed by atoms with Gasteiger partial charge in [0.2, 0.25) is 11.3 Å². The number of phosphoric ester groups is 1. The molecule has 12 N–H and O–H groups in total. The number of benzene rings is 3. The monoisotopic (exact) mass is 1530 g/mol. The van der Waals surface area contributed by atoms with E-state index in [9.17, 15) is 83.9 Å². The van der Waals surface area contributed by atoms with Gasteiger partial charge < -0.3 is 94.1 Å². The van der Waals surface area contributed by atoms with E-state index in [0.717, 1.165) is 12.3 Å². The van der Waals surface area contributed by atoms with E-state index in [1.165, 1.54) is 12.1 Å². The lowest BCUT2D eigenvalue weighted by Crippen LogP contribution is -2.47. The van der Waals surface area contributed by atoms with E-state index in [1.54, 1.807) is 50.5 Å². The molecule has 5 heterocycles. The number of carbonyl (C=O) groups excluding carboxylic acids is 3. The largest absolute Gasteiger partial charge is 0.545 e. The van der Waals surface area contributed by atoms with Gasteiger partial charge in [-0.1, -0.05) is 24.0 Å². The lowest BCUT2D eigenvalue weighted by atomic mass is 9.83. The van der Waals surface area contributed by atoms with Crippen LogP contribution in [-0.4, -0.2) is 224 Å². The van der Waals surface area contributed by atoms with Crippen molar-refractivity contribution in [1.82, 2.24) is 24.8 Å². The molecule has 2 amide bonds. The van der Waals surface area contributed by atoms with Gasteiger partial charge in [-0.2, -0.15) is 30.4 Å². The number of aliphatic hydroxyl groups is 2. The van der Waals surface area contributed by atoms with E-state index in [-0.39, 0.29) is 147 Å². The molecule has 8 rings (SSSR count). The third kappa shape index (κ3) is 21.3. The van der Waals surface area contributed by atoms with Gasteiger partial charge in [0.25, 0.3) is 26.1 Å². The highest BCUT2D eigenvalue weighted by molar-refractivity contribution is 7.86. The Morgan fingerprint density at radius 1 is 0.755 bits per heavy atom. The molecule has 4 aromatic rings. The number of aromatic carboxylic acids is 1. The Labute approximate surface area is 583 Å². The number of hydrogen-bond donors (Lipinski definition) is 11. The number of fused-ring (bicyclic) bond motifs is 4. The third-order valence-electron chi connectivity index (χ3n) is 16.1. The molecule has 102 heavy (non-hydrogen) atoms. The van der Waals surface area contributed by atoms with Crippen molar-refractivity contribution in [2.45, 2.75) is 69.7 Å². The lowest BCUT2D eigenvalue weighted by molar-refractivity contribution is -0.255. The fourth-order valence-electron chi connectivity index (χ4n) is 11.0. The van der Waals surface area contributed by atoms with Crippen LogP contribution in [0.2, 0.25) is 0 Å². The Balaban J connectivity index is 0.741. The molecule has 3 aromatic carbocycles. The minimum Gasteiger partial charge on any atom is -0.545 e. The maximum Gasteiger partial charge on any atom is 0.490 e. The molecule has 1 aromatic heterocycles. The molecule has 4 aliphatic rings. The summed E-state index contributed by atoms with van der Waals surface area (Å²) in [5, 5.41) is 40.4. The number of carboxylic acid groups (broad SMARTS) is 1. The van der Waals surface area contributed by atoms with Gasteiger partial charge in [-0.25, -0.2) is 23.1 Å². The van der Waals surface area contributed by atoms with E-state index in [2.05, 4.69) is 40.6 Å². The summed E-state index contributed by atoms with van der Waals surface area (Å²) in [7, 11) is -22.7. The van der Waals surface area contributed by atoms with Gasteiger partial charge in [-0.05, 0) is 60.9 Å². The van der Waals surface area contributed by atoms with Crippen LogP contribution in [0.1, 0.15) is 88.9 Å². The van der Waals surface area contributed by atoms with Crippen LogP contribution in [-0.2, 0) is 80.3 Å². The van der Waals surface area contributed by atoms with Crippen LogP contribution in [0.15, 0.2) is 65.6 Å². The van der Waals surface area contributed by atoms with Crippen molar-refractivity contribution < 1.29 is 135 Å². The van der Waals surface area contributed by atoms with E-state index in [0.29, 0.717) is 26.7 Å². The molecule has 0 aliphatic carbocycles. The number of aromatic nitrogens is 2. The number of nitrogens with two attached hydrogens (primary N) is 1. The van der Waals surface area contributed by atoms with E-state index in [1.807, 2.05) is 37.2 Å². The van der Waals surface area contributed by atoms with Crippen molar-refractivity contribution in [2.75, 3.05) is 122 Å². The summed E-state index contributed by atoms with van der Waals surface area (Å²) in [6.07, 6.45) is -2.93. The van der Waals surface area contributed by atoms with Crippen LogP contribution in [0.5, 0.6) is 11.5 Å². The van der Waals surface area contributed by atoms with Gasteiger partial charge in [0.05, 0.1) is 108 Å². The molecular weight excluding hydrogens is 1460 g/mol. The molecule has 0 spiro atoms. The first-order valence-electron chi connectivity index (χ1n) is 30.7. The summed E-state index contributed by atoms with van der Waals surface area (Å²) in [4.78, 5) is 93.8. The summed E-state index contributed by atoms with van der Waals surface area (Å²) in [6.45, 7) is 7.80. The second-order valence-corrected chi connectivity index (χ2v) is 31.6. The van der Waals surface area contributed by atoms with Crippen LogP contribution >= 0.6 is 23.5 Å². The van der Waals surface area contributed by atoms with Gasteiger partial charge in [0.15, 0.2) is 11.8 Å². The first-order chi connectivity index (χ1) is 47.5. The molecule has 0 saturated carbocycles. The molecule has 1 saturated heterocycles. The Hall–Kier alpha value is -7.03. The Bertz CT molecular complexity index is 4630. The number of rotatable bonds is 34. The number of amides is 2. The average molecular weight is 1530 g/mol. The number of carbonyl (C=O) groups is 3. The van der Waals surface area contributed by atoms with Crippen molar-refractivity contribution in [3.05, 3.63) is 121 Å². The summed E-state index contributed by atoms with van der Waals surface area (Å²) >= 11 is 0. The Kier molecular flexibility index (Phi) is 26.1. The third-order valence-corrected chi connectivity index (χ3v) is 21.3. The van der Waals surface area contributed by atoms with Gasteiger partial charge >= 0.3 is 29.2 Å². The number of phosphoric acid groups is 3. The molecule has 1 fully saturated rings. The maximum absolute atomic E-state index is 13.6. The summed E-state index contributed by atoms with van der Waals surface area (Å²) in [5.41, 5.74) is 5.06. The zero-order valence-electron chi connectivity index (χ0n) is 55.5. The normalized spacial score (nSPS) is 19.5. The summed E-state index contributed by atoms with van der Waals surface area (Å²) in [6, 6.07) is 10.6. The second kappa shape index (κ2) is 33.0. The van der Waals surface area contributed by atoms with E-state index >= 15 is 0 Å². The number of nitrogen functional groups attached to an aromatic ring is 1. The first-order valence-corrected chi connectivity index (χ1v) is 38.5. The molecular formula is C60H76N7O30P3S2. The number of likely N-dealkylation sites (N-methyl/N-ethyl adjacent to an activating group) is 2. The molecule has 6 atom stereocenters. The quantitative estimate of drug-likeness (QED) is 0.00738. The molecule has 37 nitrogen and oxygen atoms in total. The zero-order chi connectivity index (χ0) is 75.1. The fourth-order valence-corrected chi connectivity index (χ4v) is 15.3. The molecule has 0 radical (unpaired) electrons. The van der Waals surface area contributed by atoms with Crippen LogP contribution in [0.4, 0.5) is 11.5 Å². The molecule has 0 bridgehead atoms. The predicted molar refractivity (Wildman–Crippen MR) is 357 cm³/mol. The first kappa shape index (κ1) is 80.7. The van der Waals surface area contributed by atoms with Crippen LogP contribution in [0, 0.1) is 11.8 Å². The topological polar surface area (TPSA) is 539 Å². The SMILES string of the molecule is CN1c2cc3c(cc2C(CS(=O)(=O)O)=CC1(C)C)C(c1ccc(C(=O)NCCOCCOCCOCCOCCOCCC(=O)NCC#Cc2cn([C@@H]4O[C@H](COP(=O)(O)OP(=O)(O)OP(=O)(O)O)[C@@H](O)[C@H]4O)c(=O)nc2N)cc1C(=O)[O-])=c1cc2c(cc1O3)=[N+](C)C(C)(C)C=C2CS(=O)(=O)O. The number of nitrogens with one attached hydrogen (secondary N) is 2. The summed E-state index contributed by atoms with van der Waals surface area (Å²) in [5.74, 6) is 1.06. The number of nitrogens with zero attached hydrogens (tertiary/aromatic N) is 4. The minimum absolute atomic E-state index is 0.0217.